The van der Waals surface area contributed by atoms with E-state index in [1.165, 1.54) is 24.3 Å². The molecule has 8 nitrogen and oxygen atoms in total. The number of nitrogens with one attached hydrogen (secondary N) is 2. The van der Waals surface area contributed by atoms with Crippen LogP contribution >= 0.6 is 0 Å². The van der Waals surface area contributed by atoms with Gasteiger partial charge >= 0.3 is 0 Å². The molecule has 2 N–H and O–H groups in total. The molecule has 2 aromatic rings. The lowest BCUT2D eigenvalue weighted by atomic mass is 10.2. The molecule has 8 heteroatoms. The second kappa shape index (κ2) is 8.31. The van der Waals surface area contributed by atoms with Gasteiger partial charge in [0.15, 0.2) is 0 Å². The number of nitro benzene ring substituents is 1. The Balaban J connectivity index is 1.59. The Morgan fingerprint density at radius 2 is 1.81 bits per heavy atom. The third-order valence-corrected chi connectivity index (χ3v) is 4.35. The molecule has 0 atom stereocenters. The molecule has 0 bridgehead atoms. The predicted molar refractivity (Wildman–Crippen MR) is 102 cm³/mol. The third kappa shape index (κ3) is 4.60. The lowest BCUT2D eigenvalue weighted by Gasteiger charge is -2.21. The molecule has 0 radical (unpaired) electrons. The number of nitro groups is 1. The van der Waals surface area contributed by atoms with E-state index in [0.717, 1.165) is 31.6 Å². The summed E-state index contributed by atoms with van der Waals surface area (Å²) in [6.45, 7) is 1.68. The molecule has 1 aliphatic heterocycles. The minimum absolute atomic E-state index is 0.134. The molecule has 0 unspecified atom stereocenters. The highest BCUT2D eigenvalue weighted by molar-refractivity contribution is 6.00. The molecule has 1 saturated heterocycles. The van der Waals surface area contributed by atoms with Crippen LogP contribution in [-0.2, 0) is 4.79 Å². The van der Waals surface area contributed by atoms with E-state index in [1.807, 2.05) is 24.3 Å². The maximum atomic E-state index is 12.2. The van der Waals surface area contributed by atoms with Gasteiger partial charge in [-0.2, -0.15) is 0 Å². The van der Waals surface area contributed by atoms with E-state index in [1.54, 1.807) is 0 Å². The molecule has 1 heterocycles. The van der Waals surface area contributed by atoms with E-state index >= 15 is 0 Å². The summed E-state index contributed by atoms with van der Waals surface area (Å²) in [5.74, 6) is -0.901. The van der Waals surface area contributed by atoms with E-state index in [9.17, 15) is 19.7 Å². The molecule has 140 valence electrons. The van der Waals surface area contributed by atoms with Gasteiger partial charge in [0.2, 0.25) is 5.91 Å². The van der Waals surface area contributed by atoms with Gasteiger partial charge in [-0.15, -0.1) is 0 Å². The highest BCUT2D eigenvalue weighted by atomic mass is 16.6. The van der Waals surface area contributed by atoms with Crippen molar-refractivity contribution in [1.29, 1.82) is 0 Å². The van der Waals surface area contributed by atoms with Gasteiger partial charge in [0.1, 0.15) is 0 Å². The van der Waals surface area contributed by atoms with E-state index in [0.29, 0.717) is 5.69 Å². The zero-order chi connectivity index (χ0) is 19.2. The minimum Gasteiger partial charge on any atom is -0.370 e. The molecular weight excluding hydrogens is 348 g/mol. The zero-order valence-corrected chi connectivity index (χ0v) is 14.7. The third-order valence-electron chi connectivity index (χ3n) is 4.35. The molecule has 1 aliphatic rings. The first kappa shape index (κ1) is 18.4. The number of rotatable bonds is 6. The normalized spacial score (nSPS) is 13.3. The van der Waals surface area contributed by atoms with Crippen LogP contribution in [0.1, 0.15) is 23.2 Å². The van der Waals surface area contributed by atoms with E-state index in [-0.39, 0.29) is 23.7 Å². The van der Waals surface area contributed by atoms with Gasteiger partial charge in [0.05, 0.1) is 22.8 Å². The number of hydrogen-bond donors (Lipinski definition) is 2. The Bertz CT molecular complexity index is 862. The fourth-order valence-corrected chi connectivity index (χ4v) is 3.03. The van der Waals surface area contributed by atoms with Crippen LogP contribution in [0.25, 0.3) is 0 Å². The van der Waals surface area contributed by atoms with Gasteiger partial charge < -0.3 is 15.5 Å². The van der Waals surface area contributed by atoms with Crippen molar-refractivity contribution in [2.24, 2.45) is 0 Å². The molecule has 0 spiro atoms. The van der Waals surface area contributed by atoms with Crippen LogP contribution in [-0.4, -0.2) is 36.4 Å². The van der Waals surface area contributed by atoms with Crippen LogP contribution < -0.4 is 15.5 Å². The summed E-state index contributed by atoms with van der Waals surface area (Å²) in [4.78, 5) is 36.8. The lowest BCUT2D eigenvalue weighted by molar-refractivity contribution is -0.384. The monoisotopic (exact) mass is 368 g/mol. The second-order valence-electron chi connectivity index (χ2n) is 6.25. The van der Waals surface area contributed by atoms with Gasteiger partial charge in [0, 0.05) is 30.8 Å². The van der Waals surface area contributed by atoms with Crippen molar-refractivity contribution in [3.8, 4) is 0 Å². The van der Waals surface area contributed by atoms with E-state index in [2.05, 4.69) is 15.5 Å². The Kier molecular flexibility index (Phi) is 5.65. The summed E-state index contributed by atoms with van der Waals surface area (Å²) < 4.78 is 0. The molecule has 2 amide bonds. The van der Waals surface area contributed by atoms with Crippen LogP contribution in [0.5, 0.6) is 0 Å². The summed E-state index contributed by atoms with van der Waals surface area (Å²) in [6.07, 6.45) is 2.25. The van der Waals surface area contributed by atoms with E-state index in [4.69, 9.17) is 0 Å². The topological polar surface area (TPSA) is 105 Å². The van der Waals surface area contributed by atoms with Crippen molar-refractivity contribution in [3.05, 3.63) is 64.2 Å². The number of anilines is 2. The van der Waals surface area contributed by atoms with Crippen LogP contribution in [0.15, 0.2) is 48.5 Å². The fraction of sp³-hybridized carbons (Fsp3) is 0.263. The first-order valence-electron chi connectivity index (χ1n) is 8.71. The summed E-state index contributed by atoms with van der Waals surface area (Å²) in [5.41, 5.74) is 1.63. The maximum absolute atomic E-state index is 12.2. The predicted octanol–water partition coefficient (Wildman–Crippen LogP) is 2.56. The molecular formula is C19H20N4O4. The highest BCUT2D eigenvalue weighted by Crippen LogP contribution is 2.28. The van der Waals surface area contributed by atoms with Crippen molar-refractivity contribution in [3.63, 3.8) is 0 Å². The van der Waals surface area contributed by atoms with Crippen molar-refractivity contribution < 1.29 is 14.5 Å². The van der Waals surface area contributed by atoms with Crippen LogP contribution in [0.3, 0.4) is 0 Å². The average molecular weight is 368 g/mol. The molecule has 3 rings (SSSR count). The minimum atomic E-state index is -0.571. The van der Waals surface area contributed by atoms with Crippen LogP contribution in [0.2, 0.25) is 0 Å². The summed E-state index contributed by atoms with van der Waals surface area (Å²) in [5, 5.41) is 16.1. The molecule has 27 heavy (non-hydrogen) atoms. The summed E-state index contributed by atoms with van der Waals surface area (Å²) in [6, 6.07) is 12.9. The Hall–Kier alpha value is -3.42. The standard InChI is InChI=1S/C19H20N4O4/c24-18(13-20-19(25)14-6-5-7-15(12-14)23(26)27)21-16-8-1-2-9-17(16)22-10-3-4-11-22/h1-2,5-9,12H,3-4,10-11,13H2,(H,20,25)(H,21,24). The molecule has 0 aliphatic carbocycles. The van der Waals surface area contributed by atoms with Crippen molar-refractivity contribution in [2.75, 3.05) is 29.9 Å². The fourth-order valence-electron chi connectivity index (χ4n) is 3.03. The van der Waals surface area contributed by atoms with Gasteiger partial charge in [-0.1, -0.05) is 18.2 Å². The lowest BCUT2D eigenvalue weighted by Crippen LogP contribution is -2.33. The largest absolute Gasteiger partial charge is 0.370 e. The van der Waals surface area contributed by atoms with Crippen LogP contribution in [0.4, 0.5) is 17.1 Å². The molecule has 1 fully saturated rings. The smallest absolute Gasteiger partial charge is 0.270 e. The number of hydrogen-bond acceptors (Lipinski definition) is 5. The zero-order valence-electron chi connectivity index (χ0n) is 14.7. The van der Waals surface area contributed by atoms with Gasteiger partial charge in [-0.3, -0.25) is 19.7 Å². The second-order valence-corrected chi connectivity index (χ2v) is 6.25. The van der Waals surface area contributed by atoms with E-state index < -0.39 is 10.8 Å². The van der Waals surface area contributed by atoms with Crippen molar-refractivity contribution in [2.45, 2.75) is 12.8 Å². The number of non-ortho nitro benzene ring substituents is 1. The van der Waals surface area contributed by atoms with Gasteiger partial charge in [-0.25, -0.2) is 0 Å². The number of carbonyl (C=O) groups is 2. The Morgan fingerprint density at radius 3 is 2.56 bits per heavy atom. The number of nitrogens with zero attached hydrogens (tertiary/aromatic N) is 2. The quantitative estimate of drug-likeness (QED) is 0.602. The van der Waals surface area contributed by atoms with Crippen LogP contribution in [0, 0.1) is 10.1 Å². The molecule has 2 aromatic carbocycles. The van der Waals surface area contributed by atoms with Crippen molar-refractivity contribution >= 4 is 28.9 Å². The molecule has 0 saturated carbocycles. The average Bonchev–Trinajstić information content (AvgIpc) is 3.21. The number of benzene rings is 2. The highest BCUT2D eigenvalue weighted by Gasteiger charge is 2.17. The maximum Gasteiger partial charge on any atom is 0.270 e. The number of para-hydroxylation sites is 2. The summed E-state index contributed by atoms with van der Waals surface area (Å²) in [7, 11) is 0. The van der Waals surface area contributed by atoms with Gasteiger partial charge in [0.25, 0.3) is 11.6 Å². The number of amides is 2. The summed E-state index contributed by atoms with van der Waals surface area (Å²) >= 11 is 0. The Labute approximate surface area is 156 Å². The Morgan fingerprint density at radius 1 is 1.07 bits per heavy atom. The first-order chi connectivity index (χ1) is 13.0. The van der Waals surface area contributed by atoms with Gasteiger partial charge in [-0.05, 0) is 31.0 Å². The SMILES string of the molecule is O=C(CNC(=O)c1cccc([N+](=O)[O-])c1)Nc1ccccc1N1CCCC1. The first-order valence-corrected chi connectivity index (χ1v) is 8.71. The van der Waals surface area contributed by atoms with Crippen molar-refractivity contribution in [1.82, 2.24) is 5.32 Å². The molecule has 0 aromatic heterocycles. The number of carbonyl (C=O) groups excluding carboxylic acids is 2.